The number of benzene rings is 2. The van der Waals surface area contributed by atoms with Gasteiger partial charge in [0.25, 0.3) is 0 Å². The predicted octanol–water partition coefficient (Wildman–Crippen LogP) is 3.48. The minimum atomic E-state index is -0.299. The third-order valence-corrected chi connectivity index (χ3v) is 3.09. The molecular weight excluding hydrogens is 271 g/mol. The molecule has 21 heavy (non-hydrogen) atoms. The first-order valence-electron chi connectivity index (χ1n) is 6.46. The van der Waals surface area contributed by atoms with E-state index in [0.29, 0.717) is 23.8 Å². The van der Waals surface area contributed by atoms with E-state index in [4.69, 9.17) is 9.15 Å². The second-order valence-corrected chi connectivity index (χ2v) is 4.50. The number of methoxy groups -OCH3 is 1. The maximum atomic E-state index is 12.9. The Bertz CT molecular complexity index is 738. The van der Waals surface area contributed by atoms with E-state index in [1.54, 1.807) is 19.2 Å². The van der Waals surface area contributed by atoms with Crippen molar-refractivity contribution in [1.82, 2.24) is 10.2 Å². The van der Waals surface area contributed by atoms with Gasteiger partial charge in [-0.05, 0) is 30.3 Å². The molecule has 0 saturated heterocycles. The standard InChI is InChI=1S/C16H13FN2O2/c1-20-14-5-3-2-4-12(14)10-15-18-19-16(21-15)11-6-8-13(17)9-7-11/h2-9H,10H2,1H3. The molecule has 2 aromatic carbocycles. The van der Waals surface area contributed by atoms with Crippen LogP contribution in [-0.4, -0.2) is 17.3 Å². The number of para-hydroxylation sites is 1. The van der Waals surface area contributed by atoms with Gasteiger partial charge in [0.2, 0.25) is 11.8 Å². The van der Waals surface area contributed by atoms with Gasteiger partial charge >= 0.3 is 0 Å². The summed E-state index contributed by atoms with van der Waals surface area (Å²) in [4.78, 5) is 0. The average molecular weight is 284 g/mol. The smallest absolute Gasteiger partial charge is 0.247 e. The van der Waals surface area contributed by atoms with Gasteiger partial charge in [0.15, 0.2) is 0 Å². The van der Waals surface area contributed by atoms with E-state index in [2.05, 4.69) is 10.2 Å². The lowest BCUT2D eigenvalue weighted by atomic mass is 10.1. The van der Waals surface area contributed by atoms with Gasteiger partial charge in [0.05, 0.1) is 13.5 Å². The van der Waals surface area contributed by atoms with E-state index >= 15 is 0 Å². The van der Waals surface area contributed by atoms with Crippen LogP contribution in [0.1, 0.15) is 11.5 Å². The molecular formula is C16H13FN2O2. The second kappa shape index (κ2) is 5.75. The lowest BCUT2D eigenvalue weighted by Crippen LogP contribution is -1.93. The summed E-state index contributed by atoms with van der Waals surface area (Å²) in [6, 6.07) is 13.6. The van der Waals surface area contributed by atoms with Gasteiger partial charge in [-0.3, -0.25) is 0 Å². The van der Waals surface area contributed by atoms with Crippen LogP contribution in [0, 0.1) is 5.82 Å². The van der Waals surface area contributed by atoms with Gasteiger partial charge in [-0.15, -0.1) is 10.2 Å². The van der Waals surface area contributed by atoms with E-state index < -0.39 is 0 Å². The normalized spacial score (nSPS) is 10.6. The molecule has 3 aromatic rings. The van der Waals surface area contributed by atoms with Crippen LogP contribution in [0.5, 0.6) is 5.75 Å². The highest BCUT2D eigenvalue weighted by atomic mass is 19.1. The zero-order chi connectivity index (χ0) is 14.7. The first-order valence-corrected chi connectivity index (χ1v) is 6.46. The molecule has 0 atom stereocenters. The zero-order valence-electron chi connectivity index (χ0n) is 11.4. The number of hydrogen-bond acceptors (Lipinski definition) is 4. The Labute approximate surface area is 121 Å². The fraction of sp³-hybridized carbons (Fsp3) is 0.125. The number of ether oxygens (including phenoxy) is 1. The van der Waals surface area contributed by atoms with Crippen molar-refractivity contribution in [3.05, 3.63) is 65.8 Å². The summed E-state index contributed by atoms with van der Waals surface area (Å²) in [6.45, 7) is 0. The molecule has 5 heteroatoms. The molecule has 0 amide bonds. The molecule has 0 spiro atoms. The van der Waals surface area contributed by atoms with Crippen LogP contribution in [0.4, 0.5) is 4.39 Å². The third kappa shape index (κ3) is 2.91. The molecule has 1 aromatic heterocycles. The fourth-order valence-corrected chi connectivity index (χ4v) is 2.05. The Morgan fingerprint density at radius 1 is 1.05 bits per heavy atom. The van der Waals surface area contributed by atoms with E-state index in [9.17, 15) is 4.39 Å². The third-order valence-electron chi connectivity index (χ3n) is 3.09. The van der Waals surface area contributed by atoms with Crippen LogP contribution in [0.2, 0.25) is 0 Å². The van der Waals surface area contributed by atoms with Crippen LogP contribution in [0.3, 0.4) is 0 Å². The molecule has 0 fully saturated rings. The summed E-state index contributed by atoms with van der Waals surface area (Å²) < 4.78 is 23.8. The van der Waals surface area contributed by atoms with Crippen LogP contribution in [-0.2, 0) is 6.42 Å². The molecule has 0 aliphatic heterocycles. The van der Waals surface area contributed by atoms with Crippen LogP contribution >= 0.6 is 0 Å². The Morgan fingerprint density at radius 2 is 1.81 bits per heavy atom. The topological polar surface area (TPSA) is 48.2 Å². The molecule has 1 heterocycles. The molecule has 0 aliphatic rings. The van der Waals surface area contributed by atoms with Gasteiger partial charge in [0, 0.05) is 11.1 Å². The van der Waals surface area contributed by atoms with Crippen molar-refractivity contribution in [3.8, 4) is 17.2 Å². The van der Waals surface area contributed by atoms with Crippen LogP contribution in [0.25, 0.3) is 11.5 Å². The largest absolute Gasteiger partial charge is 0.496 e. The fourth-order valence-electron chi connectivity index (χ4n) is 2.05. The van der Waals surface area contributed by atoms with Crippen molar-refractivity contribution in [3.63, 3.8) is 0 Å². The Kier molecular flexibility index (Phi) is 3.64. The van der Waals surface area contributed by atoms with Gasteiger partial charge in [-0.1, -0.05) is 18.2 Å². The minimum absolute atomic E-state index is 0.299. The summed E-state index contributed by atoms with van der Waals surface area (Å²) in [5, 5.41) is 8.01. The molecule has 0 aliphatic carbocycles. The summed E-state index contributed by atoms with van der Waals surface area (Å²) in [5.74, 6) is 1.34. The molecule has 4 nitrogen and oxygen atoms in total. The molecule has 0 N–H and O–H groups in total. The van der Waals surface area contributed by atoms with E-state index in [1.807, 2.05) is 24.3 Å². The number of halogens is 1. The van der Waals surface area contributed by atoms with E-state index in [0.717, 1.165) is 11.3 Å². The van der Waals surface area contributed by atoms with Gasteiger partial charge in [-0.25, -0.2) is 4.39 Å². The first kappa shape index (κ1) is 13.3. The second-order valence-electron chi connectivity index (χ2n) is 4.50. The van der Waals surface area contributed by atoms with Crippen molar-refractivity contribution in [2.24, 2.45) is 0 Å². The van der Waals surface area contributed by atoms with Crippen molar-refractivity contribution in [1.29, 1.82) is 0 Å². The van der Waals surface area contributed by atoms with Gasteiger partial charge in [-0.2, -0.15) is 0 Å². The molecule has 0 saturated carbocycles. The number of rotatable bonds is 4. The van der Waals surface area contributed by atoms with E-state index in [-0.39, 0.29) is 5.82 Å². The number of aromatic nitrogens is 2. The molecule has 106 valence electrons. The van der Waals surface area contributed by atoms with Crippen LogP contribution < -0.4 is 4.74 Å². The maximum Gasteiger partial charge on any atom is 0.247 e. The Balaban J connectivity index is 1.83. The van der Waals surface area contributed by atoms with E-state index in [1.165, 1.54) is 12.1 Å². The summed E-state index contributed by atoms with van der Waals surface area (Å²) >= 11 is 0. The number of nitrogens with zero attached hydrogens (tertiary/aromatic N) is 2. The first-order chi connectivity index (χ1) is 10.3. The average Bonchev–Trinajstić information content (AvgIpc) is 2.97. The number of hydrogen-bond donors (Lipinski definition) is 0. The monoisotopic (exact) mass is 284 g/mol. The molecule has 0 unspecified atom stereocenters. The maximum absolute atomic E-state index is 12.9. The van der Waals surface area contributed by atoms with Gasteiger partial charge < -0.3 is 9.15 Å². The summed E-state index contributed by atoms with van der Waals surface area (Å²) in [7, 11) is 1.62. The Hall–Kier alpha value is -2.69. The Morgan fingerprint density at radius 3 is 2.57 bits per heavy atom. The quantitative estimate of drug-likeness (QED) is 0.736. The predicted molar refractivity (Wildman–Crippen MR) is 75.5 cm³/mol. The summed E-state index contributed by atoms with van der Waals surface area (Å²) in [6.07, 6.45) is 0.484. The minimum Gasteiger partial charge on any atom is -0.496 e. The summed E-state index contributed by atoms with van der Waals surface area (Å²) in [5.41, 5.74) is 1.66. The molecule has 0 bridgehead atoms. The van der Waals surface area contributed by atoms with Crippen molar-refractivity contribution < 1.29 is 13.5 Å². The highest BCUT2D eigenvalue weighted by Crippen LogP contribution is 2.23. The highest BCUT2D eigenvalue weighted by Gasteiger charge is 2.11. The van der Waals surface area contributed by atoms with Crippen LogP contribution in [0.15, 0.2) is 52.9 Å². The molecule has 3 rings (SSSR count). The van der Waals surface area contributed by atoms with Crippen molar-refractivity contribution in [2.45, 2.75) is 6.42 Å². The van der Waals surface area contributed by atoms with Crippen molar-refractivity contribution in [2.75, 3.05) is 7.11 Å². The lowest BCUT2D eigenvalue weighted by Gasteiger charge is -2.05. The molecule has 0 radical (unpaired) electrons. The SMILES string of the molecule is COc1ccccc1Cc1nnc(-c2ccc(F)cc2)o1. The lowest BCUT2D eigenvalue weighted by molar-refractivity contribution is 0.408. The zero-order valence-corrected chi connectivity index (χ0v) is 11.4. The van der Waals surface area contributed by atoms with Crippen molar-refractivity contribution >= 4 is 0 Å². The highest BCUT2D eigenvalue weighted by molar-refractivity contribution is 5.52. The van der Waals surface area contributed by atoms with Gasteiger partial charge in [0.1, 0.15) is 11.6 Å².